The Morgan fingerprint density at radius 1 is 1.19 bits per heavy atom. The van der Waals surface area contributed by atoms with Crippen molar-refractivity contribution in [1.82, 2.24) is 0 Å². The number of nitrogens with two attached hydrogens (primary N) is 1. The number of carbonyl (C=O) groups excluding carboxylic acids is 2. The highest BCUT2D eigenvalue weighted by molar-refractivity contribution is 5.99. The van der Waals surface area contributed by atoms with Crippen molar-refractivity contribution in [2.24, 2.45) is 0 Å². The standard InChI is InChI=1S/C17H17N3O6/c1-10(16(21)19-11-3-6-13(25-2)7-4-11)26-17(22)14-9-12(20(23)24)5-8-15(14)18/h3-10H,18H2,1-2H3,(H,19,21)/t10-/m1/s1. The average molecular weight is 359 g/mol. The summed E-state index contributed by atoms with van der Waals surface area (Å²) in [5, 5.41) is 13.4. The van der Waals surface area contributed by atoms with E-state index >= 15 is 0 Å². The molecule has 0 aromatic heterocycles. The Balaban J connectivity index is 2.04. The number of nitrogens with zero attached hydrogens (tertiary/aromatic N) is 1. The highest BCUT2D eigenvalue weighted by atomic mass is 16.6. The Bertz CT molecular complexity index is 835. The van der Waals surface area contributed by atoms with E-state index in [0.29, 0.717) is 11.4 Å². The van der Waals surface area contributed by atoms with Gasteiger partial charge in [-0.1, -0.05) is 0 Å². The van der Waals surface area contributed by atoms with E-state index in [0.717, 1.165) is 6.07 Å². The van der Waals surface area contributed by atoms with Gasteiger partial charge in [-0.2, -0.15) is 0 Å². The van der Waals surface area contributed by atoms with Gasteiger partial charge < -0.3 is 20.5 Å². The number of non-ortho nitro benzene ring substituents is 1. The molecule has 0 unspecified atom stereocenters. The first kappa shape index (κ1) is 18.7. The number of nitro groups is 1. The largest absolute Gasteiger partial charge is 0.497 e. The normalized spacial score (nSPS) is 11.3. The summed E-state index contributed by atoms with van der Waals surface area (Å²) in [4.78, 5) is 34.5. The van der Waals surface area contributed by atoms with Crippen LogP contribution in [0.15, 0.2) is 42.5 Å². The van der Waals surface area contributed by atoms with E-state index in [1.165, 1.54) is 26.2 Å². The molecule has 26 heavy (non-hydrogen) atoms. The molecule has 0 saturated carbocycles. The molecule has 0 aliphatic rings. The first-order chi connectivity index (χ1) is 12.3. The molecule has 2 rings (SSSR count). The first-order valence-corrected chi connectivity index (χ1v) is 7.51. The summed E-state index contributed by atoms with van der Waals surface area (Å²) in [6.45, 7) is 1.38. The summed E-state index contributed by atoms with van der Waals surface area (Å²) in [6.07, 6.45) is -1.14. The lowest BCUT2D eigenvalue weighted by molar-refractivity contribution is -0.384. The maximum absolute atomic E-state index is 12.2. The number of nitrogen functional groups attached to an aromatic ring is 1. The minimum atomic E-state index is -1.14. The molecule has 2 aromatic carbocycles. The first-order valence-electron chi connectivity index (χ1n) is 7.51. The van der Waals surface area contributed by atoms with E-state index in [-0.39, 0.29) is 16.9 Å². The van der Waals surface area contributed by atoms with Gasteiger partial charge in [0.1, 0.15) is 5.75 Å². The van der Waals surface area contributed by atoms with Gasteiger partial charge in [0, 0.05) is 23.5 Å². The molecule has 0 aliphatic carbocycles. The number of rotatable bonds is 6. The number of hydrogen-bond donors (Lipinski definition) is 2. The van der Waals surface area contributed by atoms with Gasteiger partial charge in [0.25, 0.3) is 11.6 Å². The van der Waals surface area contributed by atoms with Gasteiger partial charge in [0.05, 0.1) is 17.6 Å². The van der Waals surface area contributed by atoms with Gasteiger partial charge in [-0.05, 0) is 37.3 Å². The third-order valence-electron chi connectivity index (χ3n) is 3.48. The summed E-state index contributed by atoms with van der Waals surface area (Å²) < 4.78 is 10.1. The molecule has 9 heteroatoms. The predicted molar refractivity (Wildman–Crippen MR) is 94.0 cm³/mol. The second-order valence-corrected chi connectivity index (χ2v) is 5.29. The fourth-order valence-electron chi connectivity index (χ4n) is 2.03. The van der Waals surface area contributed by atoms with Crippen LogP contribution in [0, 0.1) is 10.1 Å². The second-order valence-electron chi connectivity index (χ2n) is 5.29. The topological polar surface area (TPSA) is 134 Å². The highest BCUT2D eigenvalue weighted by Crippen LogP contribution is 2.21. The molecule has 1 atom stereocenters. The van der Waals surface area contributed by atoms with Crippen LogP contribution in [0.4, 0.5) is 17.1 Å². The number of carbonyl (C=O) groups is 2. The van der Waals surface area contributed by atoms with Crippen LogP contribution in [0.1, 0.15) is 17.3 Å². The van der Waals surface area contributed by atoms with Crippen LogP contribution in [-0.2, 0) is 9.53 Å². The third-order valence-corrected chi connectivity index (χ3v) is 3.48. The van der Waals surface area contributed by atoms with Crippen LogP contribution in [0.25, 0.3) is 0 Å². The van der Waals surface area contributed by atoms with E-state index in [2.05, 4.69) is 5.32 Å². The van der Waals surface area contributed by atoms with Gasteiger partial charge in [-0.25, -0.2) is 4.79 Å². The van der Waals surface area contributed by atoms with Crippen LogP contribution in [0.3, 0.4) is 0 Å². The number of esters is 1. The zero-order chi connectivity index (χ0) is 19.3. The van der Waals surface area contributed by atoms with Crippen LogP contribution < -0.4 is 15.8 Å². The van der Waals surface area contributed by atoms with Gasteiger partial charge in [-0.3, -0.25) is 14.9 Å². The van der Waals surface area contributed by atoms with Crippen LogP contribution in [0.5, 0.6) is 5.75 Å². The maximum Gasteiger partial charge on any atom is 0.341 e. The quantitative estimate of drug-likeness (QED) is 0.350. The molecule has 1 amide bonds. The minimum absolute atomic E-state index is 0.0170. The summed E-state index contributed by atoms with van der Waals surface area (Å²) in [5.41, 5.74) is 5.69. The summed E-state index contributed by atoms with van der Waals surface area (Å²) in [7, 11) is 1.52. The molecule has 0 spiro atoms. The predicted octanol–water partition coefficient (Wildman–Crippen LogP) is 2.37. The van der Waals surface area contributed by atoms with Crippen molar-refractivity contribution in [2.45, 2.75) is 13.0 Å². The summed E-state index contributed by atoms with van der Waals surface area (Å²) >= 11 is 0. The molecule has 0 aliphatic heterocycles. The van der Waals surface area contributed by atoms with Crippen molar-refractivity contribution in [3.63, 3.8) is 0 Å². The second kappa shape index (κ2) is 7.97. The summed E-state index contributed by atoms with van der Waals surface area (Å²) in [5.74, 6) is -0.861. The lowest BCUT2D eigenvalue weighted by atomic mass is 10.1. The smallest absolute Gasteiger partial charge is 0.341 e. The highest BCUT2D eigenvalue weighted by Gasteiger charge is 2.22. The van der Waals surface area contributed by atoms with Crippen LogP contribution >= 0.6 is 0 Å². The van der Waals surface area contributed by atoms with E-state index < -0.39 is 22.9 Å². The molecule has 3 N–H and O–H groups in total. The van der Waals surface area contributed by atoms with Crippen molar-refractivity contribution in [3.8, 4) is 5.75 Å². The molecule has 9 nitrogen and oxygen atoms in total. The number of benzene rings is 2. The maximum atomic E-state index is 12.2. The van der Waals surface area contributed by atoms with Crippen molar-refractivity contribution in [3.05, 3.63) is 58.1 Å². The lowest BCUT2D eigenvalue weighted by Crippen LogP contribution is -2.30. The SMILES string of the molecule is COc1ccc(NC(=O)[C@@H](C)OC(=O)c2cc([N+](=O)[O-])ccc2N)cc1. The Morgan fingerprint density at radius 2 is 1.85 bits per heavy atom. The zero-order valence-electron chi connectivity index (χ0n) is 14.1. The van der Waals surface area contributed by atoms with Crippen molar-refractivity contribution in [2.75, 3.05) is 18.2 Å². The monoisotopic (exact) mass is 359 g/mol. The summed E-state index contributed by atoms with van der Waals surface area (Å²) in [6, 6.07) is 9.99. The molecule has 0 saturated heterocycles. The van der Waals surface area contributed by atoms with Crippen molar-refractivity contribution < 1.29 is 24.0 Å². The van der Waals surface area contributed by atoms with Gasteiger partial charge in [0.15, 0.2) is 6.10 Å². The third kappa shape index (κ3) is 4.47. The molecule has 0 bridgehead atoms. The minimum Gasteiger partial charge on any atom is -0.497 e. The van der Waals surface area contributed by atoms with E-state index in [4.69, 9.17) is 15.2 Å². The molecular formula is C17H17N3O6. The molecule has 0 radical (unpaired) electrons. The van der Waals surface area contributed by atoms with Crippen LogP contribution in [0.2, 0.25) is 0 Å². The molecular weight excluding hydrogens is 342 g/mol. The fraction of sp³-hybridized carbons (Fsp3) is 0.176. The number of amides is 1. The van der Waals surface area contributed by atoms with Crippen LogP contribution in [-0.4, -0.2) is 30.0 Å². The van der Waals surface area contributed by atoms with E-state index in [9.17, 15) is 19.7 Å². The van der Waals surface area contributed by atoms with E-state index in [1.54, 1.807) is 24.3 Å². The van der Waals surface area contributed by atoms with E-state index in [1.807, 2.05) is 0 Å². The molecule has 2 aromatic rings. The Labute approximate surface area is 148 Å². The number of nitrogens with one attached hydrogen (secondary N) is 1. The number of anilines is 2. The molecule has 0 heterocycles. The van der Waals surface area contributed by atoms with Crippen molar-refractivity contribution in [1.29, 1.82) is 0 Å². The van der Waals surface area contributed by atoms with Crippen molar-refractivity contribution >= 4 is 28.9 Å². The Hall–Kier alpha value is -3.62. The number of methoxy groups -OCH3 is 1. The van der Waals surface area contributed by atoms with Gasteiger partial charge >= 0.3 is 5.97 Å². The van der Waals surface area contributed by atoms with Gasteiger partial charge in [-0.15, -0.1) is 0 Å². The fourth-order valence-corrected chi connectivity index (χ4v) is 2.03. The molecule has 0 fully saturated rings. The zero-order valence-corrected chi connectivity index (χ0v) is 14.1. The Kier molecular flexibility index (Phi) is 5.74. The lowest BCUT2D eigenvalue weighted by Gasteiger charge is -2.14. The number of hydrogen-bond acceptors (Lipinski definition) is 7. The Morgan fingerprint density at radius 3 is 2.42 bits per heavy atom. The average Bonchev–Trinajstić information content (AvgIpc) is 2.62. The molecule has 136 valence electrons. The van der Waals surface area contributed by atoms with Gasteiger partial charge in [0.2, 0.25) is 0 Å². The number of ether oxygens (including phenoxy) is 2. The number of nitro benzene ring substituents is 1.